The molecule has 0 amide bonds. The van der Waals surface area contributed by atoms with Gasteiger partial charge >= 0.3 is 0 Å². The summed E-state index contributed by atoms with van der Waals surface area (Å²) in [4.78, 5) is 27.0. The van der Waals surface area contributed by atoms with Crippen LogP contribution in [0.25, 0.3) is 16.8 Å². The van der Waals surface area contributed by atoms with Crippen LogP contribution >= 0.6 is 23.4 Å². The molecule has 5 aromatic rings. The minimum Gasteiger partial charge on any atom is -0.354 e. The maximum absolute atomic E-state index is 6.08. The number of fused-ring (bicyclic) bond motifs is 2. The van der Waals surface area contributed by atoms with Gasteiger partial charge in [-0.1, -0.05) is 62.2 Å². The van der Waals surface area contributed by atoms with Crippen molar-refractivity contribution in [1.82, 2.24) is 34.5 Å². The Bertz CT molecular complexity index is 1660. The third kappa shape index (κ3) is 5.79. The van der Waals surface area contributed by atoms with E-state index >= 15 is 0 Å². The smallest absolute Gasteiger partial charge is 0.255 e. The Morgan fingerprint density at radius 1 is 1.12 bits per heavy atom. The standard InChI is InChI=1S/C31H38ClN9S/c1-5-6-7-8-24-21(3)36-30-37-31(42-18-22-9-11-23(32)12-10-22)38-41(30)29(24)40-16-14-20(2)26(17-40)39(4)28-25-13-15-33-27(25)34-19-35-28/h9-13,15,19-20,26H,5-8,14,16-18H2,1-4H3,(H,33,34,35)/t20-,26+/m1/s1. The van der Waals surface area contributed by atoms with E-state index in [-0.39, 0.29) is 6.04 Å². The summed E-state index contributed by atoms with van der Waals surface area (Å²) in [7, 11) is 2.16. The molecule has 0 radical (unpaired) electrons. The number of unbranched alkanes of at least 4 members (excludes halogenated alkanes) is 2. The van der Waals surface area contributed by atoms with E-state index in [2.05, 4.69) is 65.8 Å². The summed E-state index contributed by atoms with van der Waals surface area (Å²) >= 11 is 7.71. The normalized spacial score (nSPS) is 17.4. The molecule has 0 spiro atoms. The second-order valence-corrected chi connectivity index (χ2v) is 12.7. The lowest BCUT2D eigenvalue weighted by Crippen LogP contribution is -2.52. The molecule has 1 aliphatic rings. The number of nitrogens with zero attached hydrogens (tertiary/aromatic N) is 8. The number of likely N-dealkylation sites (N-methyl/N-ethyl adjacent to an activating group) is 1. The van der Waals surface area contributed by atoms with Gasteiger partial charge in [0.2, 0.25) is 5.16 Å². The van der Waals surface area contributed by atoms with Crippen molar-refractivity contribution in [3.63, 3.8) is 0 Å². The molecule has 1 aliphatic heterocycles. The number of aromatic amines is 1. The first kappa shape index (κ1) is 28.7. The number of hydrogen-bond donors (Lipinski definition) is 1. The average Bonchev–Trinajstić information content (AvgIpc) is 3.64. The number of thioether (sulfide) groups is 1. The summed E-state index contributed by atoms with van der Waals surface area (Å²) in [5, 5.41) is 7.56. The molecule has 0 bridgehead atoms. The molecule has 6 rings (SSSR count). The summed E-state index contributed by atoms with van der Waals surface area (Å²) in [5.41, 5.74) is 4.37. The van der Waals surface area contributed by atoms with E-state index in [0.717, 1.165) is 76.6 Å². The number of rotatable bonds is 10. The van der Waals surface area contributed by atoms with Gasteiger partial charge in [0.25, 0.3) is 5.78 Å². The van der Waals surface area contributed by atoms with E-state index in [4.69, 9.17) is 31.7 Å². The SMILES string of the molecule is CCCCCc1c(C)nc2nc(SCc3ccc(Cl)cc3)nn2c1N1CC[C@@H](C)[C@@H](N(C)c2ncnc3[nH]ccc23)C1. The van der Waals surface area contributed by atoms with Gasteiger partial charge in [0, 0.05) is 48.4 Å². The zero-order valence-corrected chi connectivity index (χ0v) is 26.3. The lowest BCUT2D eigenvalue weighted by Gasteiger charge is -2.43. The molecule has 0 unspecified atom stereocenters. The number of piperidine rings is 1. The van der Waals surface area contributed by atoms with E-state index < -0.39 is 0 Å². The number of aryl methyl sites for hydroxylation is 1. The van der Waals surface area contributed by atoms with Crippen LogP contribution in [0.3, 0.4) is 0 Å². The lowest BCUT2D eigenvalue weighted by molar-refractivity contribution is 0.364. The van der Waals surface area contributed by atoms with Gasteiger partial charge in [0.1, 0.15) is 23.6 Å². The van der Waals surface area contributed by atoms with Crippen LogP contribution in [-0.2, 0) is 12.2 Å². The van der Waals surface area contributed by atoms with Gasteiger partial charge in [-0.15, -0.1) is 5.10 Å². The van der Waals surface area contributed by atoms with Crippen molar-refractivity contribution in [3.8, 4) is 0 Å². The van der Waals surface area contributed by atoms with Gasteiger partial charge < -0.3 is 14.8 Å². The van der Waals surface area contributed by atoms with Gasteiger partial charge in [-0.3, -0.25) is 0 Å². The predicted octanol–water partition coefficient (Wildman–Crippen LogP) is 6.73. The largest absolute Gasteiger partial charge is 0.354 e. The fourth-order valence-corrected chi connectivity index (χ4v) is 6.91. The highest BCUT2D eigenvalue weighted by Crippen LogP contribution is 2.34. The third-order valence-corrected chi connectivity index (χ3v) is 9.60. The second kappa shape index (κ2) is 12.5. The van der Waals surface area contributed by atoms with Crippen molar-refractivity contribution < 1.29 is 0 Å². The van der Waals surface area contributed by atoms with Gasteiger partial charge in [0.05, 0.1) is 11.4 Å². The van der Waals surface area contributed by atoms with E-state index in [0.29, 0.717) is 11.7 Å². The van der Waals surface area contributed by atoms with Crippen molar-refractivity contribution in [2.24, 2.45) is 5.92 Å². The summed E-state index contributed by atoms with van der Waals surface area (Å²) < 4.78 is 2.00. The highest BCUT2D eigenvalue weighted by Gasteiger charge is 2.33. The van der Waals surface area contributed by atoms with Crippen molar-refractivity contribution in [1.29, 1.82) is 0 Å². The van der Waals surface area contributed by atoms with Crippen LogP contribution in [0.15, 0.2) is 48.0 Å². The van der Waals surface area contributed by atoms with Crippen LogP contribution in [0, 0.1) is 12.8 Å². The van der Waals surface area contributed by atoms with Crippen molar-refractivity contribution in [2.45, 2.75) is 69.8 Å². The Morgan fingerprint density at radius 2 is 1.95 bits per heavy atom. The summed E-state index contributed by atoms with van der Waals surface area (Å²) in [5.74, 6) is 4.03. The van der Waals surface area contributed by atoms with Gasteiger partial charge in [-0.05, 0) is 55.9 Å². The van der Waals surface area contributed by atoms with Crippen LogP contribution in [0.5, 0.6) is 0 Å². The first-order valence-corrected chi connectivity index (χ1v) is 16.2. The number of aromatic nitrogens is 7. The molecule has 9 nitrogen and oxygen atoms in total. The minimum atomic E-state index is 0.265. The van der Waals surface area contributed by atoms with Crippen LogP contribution in [0.4, 0.5) is 11.6 Å². The summed E-state index contributed by atoms with van der Waals surface area (Å²) in [6, 6.07) is 10.3. The Kier molecular flexibility index (Phi) is 8.53. The number of nitrogens with one attached hydrogen (secondary N) is 1. The van der Waals surface area contributed by atoms with Crippen LogP contribution in [-0.4, -0.2) is 60.7 Å². The highest BCUT2D eigenvalue weighted by molar-refractivity contribution is 7.98. The molecular weight excluding hydrogens is 566 g/mol. The topological polar surface area (TPSA) is 91.1 Å². The molecule has 5 heterocycles. The zero-order valence-electron chi connectivity index (χ0n) is 24.7. The Morgan fingerprint density at radius 3 is 2.76 bits per heavy atom. The fourth-order valence-electron chi connectivity index (χ4n) is 6.01. The van der Waals surface area contributed by atoms with Crippen molar-refractivity contribution in [2.75, 3.05) is 29.9 Å². The molecule has 220 valence electrons. The number of anilines is 2. The number of benzene rings is 1. The summed E-state index contributed by atoms with van der Waals surface area (Å²) in [6.07, 6.45) is 9.13. The van der Waals surface area contributed by atoms with Crippen molar-refractivity contribution in [3.05, 3.63) is 64.7 Å². The first-order chi connectivity index (χ1) is 20.4. The molecule has 42 heavy (non-hydrogen) atoms. The number of H-pyrrole nitrogens is 1. The summed E-state index contributed by atoms with van der Waals surface area (Å²) in [6.45, 7) is 8.55. The maximum Gasteiger partial charge on any atom is 0.255 e. The van der Waals surface area contributed by atoms with E-state index in [1.807, 2.05) is 22.8 Å². The Labute approximate surface area is 256 Å². The molecule has 2 atom stereocenters. The molecule has 11 heteroatoms. The fraction of sp³-hybridized carbons (Fsp3) is 0.452. The monoisotopic (exact) mass is 603 g/mol. The van der Waals surface area contributed by atoms with Crippen LogP contribution in [0.2, 0.25) is 5.02 Å². The van der Waals surface area contributed by atoms with Gasteiger partial charge in [0.15, 0.2) is 0 Å². The predicted molar refractivity (Wildman–Crippen MR) is 172 cm³/mol. The molecule has 1 fully saturated rings. The Hall–Kier alpha value is -3.37. The quantitative estimate of drug-likeness (QED) is 0.139. The van der Waals surface area contributed by atoms with E-state index in [1.165, 1.54) is 24.0 Å². The Balaban J connectivity index is 1.34. The van der Waals surface area contributed by atoms with E-state index in [9.17, 15) is 0 Å². The molecule has 1 aromatic carbocycles. The van der Waals surface area contributed by atoms with Gasteiger partial charge in [-0.2, -0.15) is 9.50 Å². The zero-order chi connectivity index (χ0) is 29.2. The number of halogens is 1. The van der Waals surface area contributed by atoms with Crippen LogP contribution in [0.1, 0.15) is 56.4 Å². The van der Waals surface area contributed by atoms with E-state index in [1.54, 1.807) is 18.1 Å². The van der Waals surface area contributed by atoms with Crippen LogP contribution < -0.4 is 9.80 Å². The average molecular weight is 604 g/mol. The van der Waals surface area contributed by atoms with Crippen molar-refractivity contribution >= 4 is 51.8 Å². The highest BCUT2D eigenvalue weighted by atomic mass is 35.5. The molecule has 1 N–H and O–H groups in total. The van der Waals surface area contributed by atoms with Gasteiger partial charge in [-0.25, -0.2) is 15.0 Å². The minimum absolute atomic E-state index is 0.265. The first-order valence-electron chi connectivity index (χ1n) is 14.8. The maximum atomic E-state index is 6.08. The molecule has 1 saturated heterocycles. The number of hydrogen-bond acceptors (Lipinski definition) is 8. The molecule has 4 aromatic heterocycles. The molecule has 0 aliphatic carbocycles. The molecular formula is C31H38ClN9S. The lowest BCUT2D eigenvalue weighted by atomic mass is 9.91. The second-order valence-electron chi connectivity index (χ2n) is 11.3. The third-order valence-electron chi connectivity index (χ3n) is 8.44. The molecule has 0 saturated carbocycles.